The SMILES string of the molecule is CN1[C@H]2CC[C@@H]1[C@@H](C(=O)Oc1ccccc1)C(c1ccc(I)cc1)C2. The van der Waals surface area contributed by atoms with Gasteiger partial charge in [0.1, 0.15) is 5.75 Å². The average Bonchev–Trinajstić information content (AvgIpc) is 2.86. The Morgan fingerprint density at radius 3 is 2.52 bits per heavy atom. The fourth-order valence-electron chi connectivity index (χ4n) is 4.51. The molecule has 3 nitrogen and oxygen atoms in total. The number of benzene rings is 2. The van der Waals surface area contributed by atoms with Crippen LogP contribution in [0.25, 0.3) is 0 Å². The van der Waals surface area contributed by atoms with Crippen LogP contribution in [0.4, 0.5) is 0 Å². The first kappa shape index (κ1) is 17.0. The normalized spacial score (nSPS) is 28.7. The molecule has 4 rings (SSSR count). The predicted octanol–water partition coefficient (Wildman–Crippen LogP) is 4.46. The summed E-state index contributed by atoms with van der Waals surface area (Å²) in [5.74, 6) is 0.675. The van der Waals surface area contributed by atoms with Crippen molar-refractivity contribution in [1.29, 1.82) is 0 Å². The number of halogens is 1. The van der Waals surface area contributed by atoms with E-state index in [0.717, 1.165) is 12.8 Å². The Morgan fingerprint density at radius 1 is 1.08 bits per heavy atom. The van der Waals surface area contributed by atoms with Gasteiger partial charge in [-0.2, -0.15) is 0 Å². The molecule has 2 aromatic carbocycles. The van der Waals surface area contributed by atoms with Gasteiger partial charge in [-0.25, -0.2) is 0 Å². The molecule has 0 aromatic heterocycles. The van der Waals surface area contributed by atoms with Gasteiger partial charge in [-0.1, -0.05) is 30.3 Å². The minimum Gasteiger partial charge on any atom is -0.426 e. The van der Waals surface area contributed by atoms with Crippen LogP contribution in [0.15, 0.2) is 54.6 Å². The van der Waals surface area contributed by atoms with Gasteiger partial charge in [0, 0.05) is 21.6 Å². The van der Waals surface area contributed by atoms with Gasteiger partial charge in [0.25, 0.3) is 0 Å². The van der Waals surface area contributed by atoms with Crippen molar-refractivity contribution in [2.75, 3.05) is 7.05 Å². The number of para-hydroxylation sites is 1. The molecular weight excluding hydrogens is 425 g/mol. The summed E-state index contributed by atoms with van der Waals surface area (Å²) in [6.45, 7) is 0. The molecule has 130 valence electrons. The molecule has 0 aliphatic carbocycles. The standard InChI is InChI=1S/C21H22INO2/c1-23-16-11-12-19(23)20(21(24)25-17-5-3-2-4-6-17)18(13-16)14-7-9-15(22)10-8-14/h2-10,16,18-20H,11-13H2,1H3/t16-,18?,19+,20-/m0/s1. The Morgan fingerprint density at radius 2 is 1.80 bits per heavy atom. The third kappa shape index (κ3) is 3.34. The van der Waals surface area contributed by atoms with E-state index < -0.39 is 0 Å². The van der Waals surface area contributed by atoms with Crippen molar-refractivity contribution in [3.8, 4) is 5.75 Å². The Kier molecular flexibility index (Phi) is 4.82. The van der Waals surface area contributed by atoms with E-state index in [-0.39, 0.29) is 23.8 Å². The van der Waals surface area contributed by atoms with E-state index in [9.17, 15) is 4.79 Å². The van der Waals surface area contributed by atoms with Gasteiger partial charge < -0.3 is 4.74 Å². The molecule has 25 heavy (non-hydrogen) atoms. The van der Waals surface area contributed by atoms with Gasteiger partial charge in [-0.3, -0.25) is 9.69 Å². The average molecular weight is 447 g/mol. The van der Waals surface area contributed by atoms with Crippen LogP contribution in [0.1, 0.15) is 30.7 Å². The number of hydrogen-bond donors (Lipinski definition) is 0. The Labute approximate surface area is 162 Å². The van der Waals surface area contributed by atoms with Crippen LogP contribution in [0, 0.1) is 9.49 Å². The summed E-state index contributed by atoms with van der Waals surface area (Å²) in [4.78, 5) is 15.5. The van der Waals surface area contributed by atoms with Crippen molar-refractivity contribution in [2.45, 2.75) is 37.3 Å². The van der Waals surface area contributed by atoms with Gasteiger partial charge in [0.05, 0.1) is 5.92 Å². The van der Waals surface area contributed by atoms with Crippen LogP contribution in [0.5, 0.6) is 5.75 Å². The maximum atomic E-state index is 13.1. The molecule has 0 N–H and O–H groups in total. The minimum atomic E-state index is -0.107. The van der Waals surface area contributed by atoms with Crippen LogP contribution in [-0.2, 0) is 4.79 Å². The van der Waals surface area contributed by atoms with Gasteiger partial charge >= 0.3 is 5.97 Å². The number of ether oxygens (including phenoxy) is 1. The second kappa shape index (κ2) is 7.08. The third-order valence-electron chi connectivity index (χ3n) is 5.80. The number of fused-ring (bicyclic) bond motifs is 2. The van der Waals surface area contributed by atoms with E-state index in [1.54, 1.807) is 0 Å². The lowest BCUT2D eigenvalue weighted by molar-refractivity contribution is -0.143. The smallest absolute Gasteiger partial charge is 0.316 e. The van der Waals surface area contributed by atoms with E-state index in [2.05, 4.69) is 58.8 Å². The molecule has 2 saturated heterocycles. The maximum Gasteiger partial charge on any atom is 0.316 e. The number of piperidine rings is 1. The lowest BCUT2D eigenvalue weighted by Crippen LogP contribution is -2.49. The number of carbonyl (C=O) groups excluding carboxylic acids is 1. The predicted molar refractivity (Wildman–Crippen MR) is 107 cm³/mol. The highest BCUT2D eigenvalue weighted by atomic mass is 127. The van der Waals surface area contributed by atoms with E-state index in [1.165, 1.54) is 15.6 Å². The van der Waals surface area contributed by atoms with Gasteiger partial charge in [0.2, 0.25) is 0 Å². The number of esters is 1. The zero-order valence-electron chi connectivity index (χ0n) is 14.3. The van der Waals surface area contributed by atoms with Gasteiger partial charge in [0.15, 0.2) is 0 Å². The molecule has 0 saturated carbocycles. The first-order valence-corrected chi connectivity index (χ1v) is 9.95. The molecule has 0 radical (unpaired) electrons. The quantitative estimate of drug-likeness (QED) is 0.395. The molecule has 2 fully saturated rings. The Hall–Kier alpha value is -1.40. The minimum absolute atomic E-state index is 0.0908. The topological polar surface area (TPSA) is 29.5 Å². The molecule has 2 aliphatic rings. The van der Waals surface area contributed by atoms with Crippen LogP contribution in [0.3, 0.4) is 0 Å². The Bertz CT molecular complexity index is 746. The van der Waals surface area contributed by atoms with Crippen molar-refractivity contribution < 1.29 is 9.53 Å². The van der Waals surface area contributed by atoms with Crippen LogP contribution >= 0.6 is 22.6 Å². The molecule has 2 heterocycles. The molecule has 0 spiro atoms. The van der Waals surface area contributed by atoms with E-state index >= 15 is 0 Å². The summed E-state index contributed by atoms with van der Waals surface area (Å²) in [6, 6.07) is 18.9. The number of nitrogens with zero attached hydrogens (tertiary/aromatic N) is 1. The Balaban J connectivity index is 1.64. The van der Waals surface area contributed by atoms with Crippen LogP contribution in [0.2, 0.25) is 0 Å². The number of carbonyl (C=O) groups is 1. The second-order valence-electron chi connectivity index (χ2n) is 7.12. The molecule has 4 atom stereocenters. The molecule has 1 unspecified atom stereocenters. The highest BCUT2D eigenvalue weighted by molar-refractivity contribution is 14.1. The van der Waals surface area contributed by atoms with Crippen molar-refractivity contribution >= 4 is 28.6 Å². The van der Waals surface area contributed by atoms with Crippen molar-refractivity contribution in [3.63, 3.8) is 0 Å². The highest BCUT2D eigenvalue weighted by Crippen LogP contribution is 2.46. The van der Waals surface area contributed by atoms with E-state index in [0.29, 0.717) is 11.8 Å². The summed E-state index contributed by atoms with van der Waals surface area (Å²) in [7, 11) is 2.16. The van der Waals surface area contributed by atoms with E-state index in [4.69, 9.17) is 4.74 Å². The first-order valence-electron chi connectivity index (χ1n) is 8.87. The van der Waals surface area contributed by atoms with Crippen LogP contribution in [-0.4, -0.2) is 30.0 Å². The molecule has 2 aromatic rings. The van der Waals surface area contributed by atoms with Crippen molar-refractivity contribution in [3.05, 3.63) is 63.7 Å². The molecule has 2 aliphatic heterocycles. The maximum absolute atomic E-state index is 13.1. The summed E-state index contributed by atoms with van der Waals surface area (Å²) in [5, 5.41) is 0. The second-order valence-corrected chi connectivity index (χ2v) is 8.36. The fraction of sp³-hybridized carbons (Fsp3) is 0.381. The number of hydrogen-bond acceptors (Lipinski definition) is 3. The lowest BCUT2D eigenvalue weighted by atomic mass is 9.76. The summed E-state index contributed by atoms with van der Waals surface area (Å²) in [5.41, 5.74) is 1.26. The van der Waals surface area contributed by atoms with E-state index in [1.807, 2.05) is 30.3 Å². The molecular formula is C21H22INO2. The molecule has 4 heteroatoms. The first-order chi connectivity index (χ1) is 12.1. The summed E-state index contributed by atoms with van der Waals surface area (Å²) < 4.78 is 6.98. The molecule has 2 bridgehead atoms. The molecule has 0 amide bonds. The monoisotopic (exact) mass is 447 g/mol. The summed E-state index contributed by atoms with van der Waals surface area (Å²) >= 11 is 2.32. The lowest BCUT2D eigenvalue weighted by Gasteiger charge is -2.41. The summed E-state index contributed by atoms with van der Waals surface area (Å²) in [6.07, 6.45) is 3.29. The zero-order valence-corrected chi connectivity index (χ0v) is 16.4. The van der Waals surface area contributed by atoms with Crippen LogP contribution < -0.4 is 4.74 Å². The third-order valence-corrected chi connectivity index (χ3v) is 6.52. The van der Waals surface area contributed by atoms with Crippen molar-refractivity contribution in [2.24, 2.45) is 5.92 Å². The highest BCUT2D eigenvalue weighted by Gasteiger charge is 2.49. The number of rotatable bonds is 3. The van der Waals surface area contributed by atoms with Crippen molar-refractivity contribution in [1.82, 2.24) is 4.90 Å². The van der Waals surface area contributed by atoms with Gasteiger partial charge in [-0.15, -0.1) is 0 Å². The largest absolute Gasteiger partial charge is 0.426 e. The fourth-order valence-corrected chi connectivity index (χ4v) is 4.87. The van der Waals surface area contributed by atoms with Gasteiger partial charge in [-0.05, 0) is 78.7 Å². The zero-order chi connectivity index (χ0) is 17.4.